The summed E-state index contributed by atoms with van der Waals surface area (Å²) in [6.07, 6.45) is 2.48. The molecule has 0 radical (unpaired) electrons. The van der Waals surface area contributed by atoms with E-state index in [-0.39, 0.29) is 5.54 Å². The van der Waals surface area contributed by atoms with Crippen molar-refractivity contribution in [2.24, 2.45) is 0 Å². The second-order valence-electron chi connectivity index (χ2n) is 4.93. The number of rotatable bonds is 3. The Balaban J connectivity index is 1.90. The van der Waals surface area contributed by atoms with E-state index in [2.05, 4.69) is 29.4 Å². The van der Waals surface area contributed by atoms with E-state index < -0.39 is 0 Å². The Morgan fingerprint density at radius 1 is 1.31 bits per heavy atom. The van der Waals surface area contributed by atoms with Crippen LogP contribution in [0.5, 0.6) is 0 Å². The van der Waals surface area contributed by atoms with Crippen LogP contribution in [-0.4, -0.2) is 31.1 Å². The molecule has 1 aliphatic carbocycles. The second-order valence-corrected chi connectivity index (χ2v) is 5.34. The molecular formula is C13H17ClN2. The predicted molar refractivity (Wildman–Crippen MR) is 66.8 cm³/mol. The van der Waals surface area contributed by atoms with Crippen LogP contribution in [0.1, 0.15) is 18.4 Å². The lowest BCUT2D eigenvalue weighted by molar-refractivity contribution is 0.111. The molecule has 0 bridgehead atoms. The molecule has 0 atom stereocenters. The number of benzene rings is 1. The van der Waals surface area contributed by atoms with Gasteiger partial charge < -0.3 is 5.32 Å². The second kappa shape index (κ2) is 3.73. The Labute approximate surface area is 102 Å². The van der Waals surface area contributed by atoms with Crippen LogP contribution < -0.4 is 5.32 Å². The third-order valence-electron chi connectivity index (χ3n) is 4.08. The summed E-state index contributed by atoms with van der Waals surface area (Å²) in [6, 6.07) is 8.96. The molecule has 0 amide bonds. The van der Waals surface area contributed by atoms with E-state index in [4.69, 9.17) is 11.6 Å². The van der Waals surface area contributed by atoms with Crippen molar-refractivity contribution >= 4 is 11.6 Å². The number of nitrogens with zero attached hydrogens (tertiary/aromatic N) is 1. The Hall–Kier alpha value is -0.570. The molecule has 0 aromatic heterocycles. The summed E-state index contributed by atoms with van der Waals surface area (Å²) < 4.78 is 0. The monoisotopic (exact) mass is 236 g/mol. The minimum absolute atomic E-state index is 0.227. The molecule has 1 N–H and O–H groups in total. The molecule has 3 heteroatoms. The molecule has 2 nitrogen and oxygen atoms in total. The molecule has 3 rings (SSSR count). The molecule has 2 fully saturated rings. The van der Waals surface area contributed by atoms with Crippen molar-refractivity contribution in [1.29, 1.82) is 0 Å². The fourth-order valence-electron chi connectivity index (χ4n) is 2.67. The van der Waals surface area contributed by atoms with E-state index in [1.165, 1.54) is 18.4 Å². The average Bonchev–Trinajstić information content (AvgIpc) is 2.96. The molecule has 2 aliphatic rings. The fourth-order valence-corrected chi connectivity index (χ4v) is 2.98. The molecule has 0 unspecified atom stereocenters. The van der Waals surface area contributed by atoms with Crippen molar-refractivity contribution in [3.63, 3.8) is 0 Å². The average molecular weight is 237 g/mol. The highest BCUT2D eigenvalue weighted by Crippen LogP contribution is 2.53. The van der Waals surface area contributed by atoms with Gasteiger partial charge in [-0.15, -0.1) is 0 Å². The van der Waals surface area contributed by atoms with E-state index >= 15 is 0 Å². The first-order valence-corrected chi connectivity index (χ1v) is 6.30. The lowest BCUT2D eigenvalue weighted by atomic mass is 9.99. The minimum atomic E-state index is 0.227. The van der Waals surface area contributed by atoms with Gasteiger partial charge in [-0.2, -0.15) is 0 Å². The SMILES string of the molecule is CN(C1CNC1)C1(c2ccccc2Cl)CC1. The van der Waals surface area contributed by atoms with Crippen molar-refractivity contribution in [3.05, 3.63) is 34.9 Å². The summed E-state index contributed by atoms with van der Waals surface area (Å²) in [4.78, 5) is 2.52. The summed E-state index contributed by atoms with van der Waals surface area (Å²) in [5.41, 5.74) is 1.54. The third kappa shape index (κ3) is 1.48. The quantitative estimate of drug-likeness (QED) is 0.866. The largest absolute Gasteiger partial charge is 0.314 e. The lowest BCUT2D eigenvalue weighted by Gasteiger charge is -2.41. The maximum Gasteiger partial charge on any atom is 0.0477 e. The number of hydrogen-bond donors (Lipinski definition) is 1. The zero-order chi connectivity index (χ0) is 11.2. The van der Waals surface area contributed by atoms with Gasteiger partial charge in [0.15, 0.2) is 0 Å². The molecule has 1 saturated heterocycles. The predicted octanol–water partition coefficient (Wildman–Crippen LogP) is 2.23. The van der Waals surface area contributed by atoms with E-state index in [0.29, 0.717) is 6.04 Å². The van der Waals surface area contributed by atoms with Gasteiger partial charge in [-0.05, 0) is 31.5 Å². The zero-order valence-electron chi connectivity index (χ0n) is 9.54. The van der Waals surface area contributed by atoms with Gasteiger partial charge in [0.1, 0.15) is 0 Å². The van der Waals surface area contributed by atoms with Crippen molar-refractivity contribution in [2.45, 2.75) is 24.4 Å². The zero-order valence-corrected chi connectivity index (χ0v) is 10.3. The normalized spacial score (nSPS) is 23.2. The topological polar surface area (TPSA) is 15.3 Å². The van der Waals surface area contributed by atoms with Crippen LogP contribution in [0.15, 0.2) is 24.3 Å². The van der Waals surface area contributed by atoms with Crippen LogP contribution in [0.25, 0.3) is 0 Å². The van der Waals surface area contributed by atoms with E-state index in [1.807, 2.05) is 12.1 Å². The highest BCUT2D eigenvalue weighted by molar-refractivity contribution is 6.31. The highest BCUT2D eigenvalue weighted by Gasteiger charge is 2.51. The first-order chi connectivity index (χ1) is 7.74. The molecular weight excluding hydrogens is 220 g/mol. The van der Waals surface area contributed by atoms with E-state index in [1.54, 1.807) is 0 Å². The summed E-state index contributed by atoms with van der Waals surface area (Å²) in [5, 5.41) is 4.25. The van der Waals surface area contributed by atoms with Gasteiger partial charge in [-0.1, -0.05) is 29.8 Å². The van der Waals surface area contributed by atoms with Gasteiger partial charge in [0.2, 0.25) is 0 Å². The van der Waals surface area contributed by atoms with Crippen LogP contribution in [0.2, 0.25) is 5.02 Å². The van der Waals surface area contributed by atoms with Crippen molar-refractivity contribution in [1.82, 2.24) is 10.2 Å². The minimum Gasteiger partial charge on any atom is -0.314 e. The maximum atomic E-state index is 6.32. The molecule has 1 aromatic carbocycles. The number of nitrogens with one attached hydrogen (secondary N) is 1. The van der Waals surface area contributed by atoms with Crippen molar-refractivity contribution in [2.75, 3.05) is 20.1 Å². The lowest BCUT2D eigenvalue weighted by Crippen LogP contribution is -2.58. The third-order valence-corrected chi connectivity index (χ3v) is 4.41. The van der Waals surface area contributed by atoms with Gasteiger partial charge in [-0.25, -0.2) is 0 Å². The number of likely N-dealkylation sites (N-methyl/N-ethyl adjacent to an activating group) is 1. The van der Waals surface area contributed by atoms with E-state index in [9.17, 15) is 0 Å². The van der Waals surface area contributed by atoms with Crippen LogP contribution in [0, 0.1) is 0 Å². The van der Waals surface area contributed by atoms with Gasteiger partial charge >= 0.3 is 0 Å². The van der Waals surface area contributed by atoms with Crippen LogP contribution in [0.4, 0.5) is 0 Å². The van der Waals surface area contributed by atoms with E-state index in [0.717, 1.165) is 18.1 Å². The number of hydrogen-bond acceptors (Lipinski definition) is 2. The molecule has 86 valence electrons. The fraction of sp³-hybridized carbons (Fsp3) is 0.538. The van der Waals surface area contributed by atoms with Gasteiger partial charge in [0, 0.05) is 29.7 Å². The first-order valence-electron chi connectivity index (χ1n) is 5.93. The Morgan fingerprint density at radius 3 is 2.50 bits per heavy atom. The van der Waals surface area contributed by atoms with Crippen LogP contribution in [0.3, 0.4) is 0 Å². The molecule has 16 heavy (non-hydrogen) atoms. The van der Waals surface area contributed by atoms with Crippen molar-refractivity contribution in [3.8, 4) is 0 Å². The van der Waals surface area contributed by atoms with Gasteiger partial charge in [0.05, 0.1) is 0 Å². The maximum absolute atomic E-state index is 6.32. The molecule has 0 spiro atoms. The van der Waals surface area contributed by atoms with Crippen LogP contribution in [-0.2, 0) is 5.54 Å². The summed E-state index contributed by atoms with van der Waals surface area (Å²) >= 11 is 6.32. The summed E-state index contributed by atoms with van der Waals surface area (Å²) in [5.74, 6) is 0. The summed E-state index contributed by atoms with van der Waals surface area (Å²) in [6.45, 7) is 2.23. The van der Waals surface area contributed by atoms with Crippen molar-refractivity contribution < 1.29 is 0 Å². The summed E-state index contributed by atoms with van der Waals surface area (Å²) in [7, 11) is 2.24. The smallest absolute Gasteiger partial charge is 0.0477 e. The van der Waals surface area contributed by atoms with Gasteiger partial charge in [-0.3, -0.25) is 4.90 Å². The van der Waals surface area contributed by atoms with Crippen LogP contribution >= 0.6 is 11.6 Å². The number of halogens is 1. The highest BCUT2D eigenvalue weighted by atomic mass is 35.5. The Kier molecular flexibility index (Phi) is 2.46. The molecule has 1 aliphatic heterocycles. The van der Waals surface area contributed by atoms with Gasteiger partial charge in [0.25, 0.3) is 0 Å². The molecule has 1 heterocycles. The Bertz CT molecular complexity index is 397. The molecule has 1 aromatic rings. The Morgan fingerprint density at radius 2 is 2.00 bits per heavy atom. The standard InChI is InChI=1S/C13H17ClN2/c1-16(10-8-15-9-10)13(6-7-13)11-4-2-3-5-12(11)14/h2-5,10,15H,6-9H2,1H3. The first kappa shape index (κ1) is 10.6. The molecule has 1 saturated carbocycles.